The predicted molar refractivity (Wildman–Crippen MR) is 148 cm³/mol. The van der Waals surface area contributed by atoms with Crippen molar-refractivity contribution in [3.63, 3.8) is 0 Å². The van der Waals surface area contributed by atoms with Crippen molar-refractivity contribution >= 4 is 43.0 Å². The number of aryl methyl sites for hydroxylation is 1. The molecular weight excluding hydrogens is 524 g/mol. The number of hydrogen-bond donors (Lipinski definition) is 3. The van der Waals surface area contributed by atoms with Gasteiger partial charge in [-0.1, -0.05) is 0 Å². The van der Waals surface area contributed by atoms with Crippen LogP contribution >= 0.6 is 11.3 Å². The molecule has 2 aliphatic rings. The number of morpholine rings is 1. The lowest BCUT2D eigenvalue weighted by atomic mass is 10.1. The monoisotopic (exact) mass is 552 g/mol. The molecule has 1 atom stereocenters. The number of aromatic nitrogens is 4. The van der Waals surface area contributed by atoms with E-state index < -0.39 is 15.2 Å². The smallest absolute Gasteiger partial charge is 0.219 e. The largest absolute Gasteiger partial charge is 0.378 e. The first-order valence-electron chi connectivity index (χ1n) is 12.4. The van der Waals surface area contributed by atoms with Gasteiger partial charge in [0, 0.05) is 56.4 Å². The summed E-state index contributed by atoms with van der Waals surface area (Å²) in [6.45, 7) is 6.21. The third-order valence-electron chi connectivity index (χ3n) is 6.80. The van der Waals surface area contributed by atoms with Gasteiger partial charge in [0.05, 0.1) is 39.6 Å². The van der Waals surface area contributed by atoms with Crippen LogP contribution in [0.25, 0.3) is 32.9 Å². The van der Waals surface area contributed by atoms with Gasteiger partial charge in [-0.15, -0.1) is 11.3 Å². The first-order chi connectivity index (χ1) is 18.4. The minimum Gasteiger partial charge on any atom is -0.378 e. The van der Waals surface area contributed by atoms with Gasteiger partial charge < -0.3 is 20.7 Å². The summed E-state index contributed by atoms with van der Waals surface area (Å²) in [4.78, 5) is 20.2. The highest BCUT2D eigenvalue weighted by Gasteiger charge is 2.33. The average molecular weight is 553 g/mol. The number of sulfone groups is 1. The van der Waals surface area contributed by atoms with Crippen LogP contribution in [0.3, 0.4) is 0 Å². The van der Waals surface area contributed by atoms with E-state index in [2.05, 4.69) is 25.5 Å². The third-order valence-corrected chi connectivity index (χ3v) is 9.93. The summed E-state index contributed by atoms with van der Waals surface area (Å²) in [5.41, 5.74) is 9.99. The number of nitrogens with one attached hydrogen (secondary N) is 2. The molecule has 0 bridgehead atoms. The summed E-state index contributed by atoms with van der Waals surface area (Å²) >= 11 is 1.50. The normalized spacial score (nSPS) is 18.7. The maximum atomic E-state index is 14.1. The fourth-order valence-corrected chi connectivity index (χ4v) is 7.49. The van der Waals surface area contributed by atoms with Gasteiger partial charge >= 0.3 is 0 Å². The summed E-state index contributed by atoms with van der Waals surface area (Å²) in [5, 5.41) is 7.64. The lowest BCUT2D eigenvalue weighted by molar-refractivity contribution is 0.122. The molecule has 1 unspecified atom stereocenters. The Bertz CT molecular complexity index is 1580. The second-order valence-electron chi connectivity index (χ2n) is 9.29. The van der Waals surface area contributed by atoms with Crippen LogP contribution in [0.15, 0.2) is 40.9 Å². The maximum absolute atomic E-state index is 14.1. The van der Waals surface area contributed by atoms with Crippen LogP contribution in [-0.4, -0.2) is 79.7 Å². The van der Waals surface area contributed by atoms with Gasteiger partial charge in [0.2, 0.25) is 5.95 Å². The topological polar surface area (TPSA) is 148 Å². The molecule has 5 heterocycles. The quantitative estimate of drug-likeness (QED) is 0.333. The summed E-state index contributed by atoms with van der Waals surface area (Å²) in [6.07, 6.45) is 3.15. The Morgan fingerprint density at radius 1 is 1.13 bits per heavy atom. The standard InChI is InChI=1S/C25H28N8O3S2/c1-15-14-37-23-21(15)31-24(16-11-29-25(26)30-12-16)32-22(23)18-3-2-17(33-6-8-36-9-7-33)10-19(18)38(34,35)20-13-27-4-5-28-20/h2-3,10-12,14,20,27-28H,4-9,13H2,1H3,(H2,26,29,30). The fraction of sp³-hybridized carbons (Fsp3) is 0.360. The summed E-state index contributed by atoms with van der Waals surface area (Å²) < 4.78 is 34.6. The SMILES string of the molecule is Cc1csc2c(-c3ccc(N4CCOCC4)cc3S(=O)(=O)C3CNCCN3)nc(-c3cnc(N)nc3)nc12. The number of nitrogen functional groups attached to an aromatic ring is 1. The molecule has 4 aromatic rings. The molecule has 38 heavy (non-hydrogen) atoms. The van der Waals surface area contributed by atoms with Crippen molar-refractivity contribution in [1.29, 1.82) is 0 Å². The summed E-state index contributed by atoms with van der Waals surface area (Å²) in [5.74, 6) is 0.564. The molecule has 13 heteroatoms. The lowest BCUT2D eigenvalue weighted by Gasteiger charge is -2.30. The van der Waals surface area contributed by atoms with Crippen LogP contribution < -0.4 is 21.3 Å². The van der Waals surface area contributed by atoms with Gasteiger partial charge in [-0.05, 0) is 36.1 Å². The second kappa shape index (κ2) is 10.2. The molecule has 0 amide bonds. The van der Waals surface area contributed by atoms with E-state index in [1.54, 1.807) is 18.5 Å². The first kappa shape index (κ1) is 25.1. The number of anilines is 2. The number of benzene rings is 1. The molecule has 198 valence electrons. The van der Waals surface area contributed by atoms with E-state index in [0.29, 0.717) is 62.0 Å². The van der Waals surface area contributed by atoms with Gasteiger partial charge in [-0.3, -0.25) is 5.32 Å². The number of ether oxygens (including phenoxy) is 1. The van der Waals surface area contributed by atoms with Crippen molar-refractivity contribution in [2.45, 2.75) is 17.2 Å². The van der Waals surface area contributed by atoms with E-state index in [1.165, 1.54) is 11.3 Å². The van der Waals surface area contributed by atoms with Gasteiger partial charge in [-0.2, -0.15) is 0 Å². The highest BCUT2D eigenvalue weighted by molar-refractivity contribution is 7.92. The Labute approximate surface area is 224 Å². The van der Waals surface area contributed by atoms with Crippen LogP contribution in [0, 0.1) is 6.92 Å². The van der Waals surface area contributed by atoms with Crippen molar-refractivity contribution in [2.24, 2.45) is 0 Å². The molecule has 1 aromatic carbocycles. The number of hydrogen-bond acceptors (Lipinski definition) is 12. The minimum absolute atomic E-state index is 0.155. The number of rotatable bonds is 5. The summed E-state index contributed by atoms with van der Waals surface area (Å²) in [6, 6.07) is 5.62. The van der Waals surface area contributed by atoms with E-state index in [0.717, 1.165) is 28.0 Å². The van der Waals surface area contributed by atoms with Gasteiger partial charge in [-0.25, -0.2) is 28.4 Å². The van der Waals surface area contributed by atoms with Crippen molar-refractivity contribution in [1.82, 2.24) is 30.6 Å². The molecule has 0 saturated carbocycles. The van der Waals surface area contributed by atoms with Crippen LogP contribution in [0.1, 0.15) is 5.56 Å². The minimum atomic E-state index is -3.78. The van der Waals surface area contributed by atoms with Crippen molar-refractivity contribution in [2.75, 3.05) is 56.6 Å². The van der Waals surface area contributed by atoms with Crippen molar-refractivity contribution in [3.8, 4) is 22.6 Å². The molecule has 2 aliphatic heterocycles. The predicted octanol–water partition coefficient (Wildman–Crippen LogP) is 1.84. The molecule has 3 aromatic heterocycles. The zero-order valence-corrected chi connectivity index (χ0v) is 22.5. The molecule has 0 aliphatic carbocycles. The van der Waals surface area contributed by atoms with Crippen LogP contribution in [0.5, 0.6) is 0 Å². The van der Waals surface area contributed by atoms with Gasteiger partial charge in [0.1, 0.15) is 5.37 Å². The van der Waals surface area contributed by atoms with Gasteiger partial charge in [0.15, 0.2) is 15.7 Å². The Kier molecular flexibility index (Phi) is 6.70. The Hall–Kier alpha value is -3.23. The second-order valence-corrected chi connectivity index (χ2v) is 12.3. The van der Waals surface area contributed by atoms with E-state index in [-0.39, 0.29) is 10.8 Å². The summed E-state index contributed by atoms with van der Waals surface area (Å²) in [7, 11) is -3.78. The molecule has 11 nitrogen and oxygen atoms in total. The van der Waals surface area contributed by atoms with E-state index >= 15 is 0 Å². The zero-order chi connectivity index (χ0) is 26.3. The highest BCUT2D eigenvalue weighted by Crippen LogP contribution is 2.39. The molecule has 0 spiro atoms. The number of piperazine rings is 1. The Morgan fingerprint density at radius 2 is 1.92 bits per heavy atom. The molecule has 6 rings (SSSR count). The number of nitrogens with two attached hydrogens (primary N) is 1. The van der Waals surface area contributed by atoms with Crippen LogP contribution in [-0.2, 0) is 14.6 Å². The van der Waals surface area contributed by atoms with Crippen LogP contribution in [0.4, 0.5) is 11.6 Å². The number of thiophene rings is 1. The highest BCUT2D eigenvalue weighted by atomic mass is 32.2. The van der Waals surface area contributed by atoms with Crippen LogP contribution in [0.2, 0.25) is 0 Å². The number of fused-ring (bicyclic) bond motifs is 1. The third kappa shape index (κ3) is 4.60. The zero-order valence-electron chi connectivity index (χ0n) is 20.8. The lowest BCUT2D eigenvalue weighted by Crippen LogP contribution is -2.52. The molecule has 4 N–H and O–H groups in total. The number of nitrogens with zero attached hydrogens (tertiary/aromatic N) is 5. The fourth-order valence-electron chi connectivity index (χ4n) is 4.76. The Balaban J connectivity index is 1.57. The van der Waals surface area contributed by atoms with E-state index in [1.807, 2.05) is 24.4 Å². The molecule has 2 fully saturated rings. The van der Waals surface area contributed by atoms with Crippen molar-refractivity contribution in [3.05, 3.63) is 41.5 Å². The average Bonchev–Trinajstić information content (AvgIpc) is 3.34. The van der Waals surface area contributed by atoms with Crippen molar-refractivity contribution < 1.29 is 13.2 Å². The Morgan fingerprint density at radius 3 is 2.66 bits per heavy atom. The molecule has 0 radical (unpaired) electrons. The molecule has 2 saturated heterocycles. The molecular formula is C25H28N8O3S2. The van der Waals surface area contributed by atoms with E-state index in [9.17, 15) is 8.42 Å². The maximum Gasteiger partial charge on any atom is 0.219 e. The van der Waals surface area contributed by atoms with Gasteiger partial charge in [0.25, 0.3) is 0 Å². The van der Waals surface area contributed by atoms with E-state index in [4.69, 9.17) is 20.4 Å². The first-order valence-corrected chi connectivity index (χ1v) is 14.8.